The molecule has 3 aromatic heterocycles. The van der Waals surface area contributed by atoms with Gasteiger partial charge in [-0.1, -0.05) is 25.3 Å². The van der Waals surface area contributed by atoms with Crippen LogP contribution in [0, 0.1) is 0 Å². The van der Waals surface area contributed by atoms with Gasteiger partial charge >= 0.3 is 0 Å². The minimum atomic E-state index is 0.396. The molecule has 6 heteroatoms. The lowest BCUT2D eigenvalue weighted by Crippen LogP contribution is -2.19. The van der Waals surface area contributed by atoms with Gasteiger partial charge in [0.2, 0.25) is 4.80 Å². The zero-order valence-electron chi connectivity index (χ0n) is 13.9. The van der Waals surface area contributed by atoms with Crippen LogP contribution in [0.5, 0.6) is 0 Å². The lowest BCUT2D eigenvalue weighted by Gasteiger charge is -2.16. The summed E-state index contributed by atoms with van der Waals surface area (Å²) in [7, 11) is 0. The molecule has 25 heavy (non-hydrogen) atoms. The molecule has 1 fully saturated rings. The van der Waals surface area contributed by atoms with E-state index in [1.54, 1.807) is 30.0 Å². The summed E-state index contributed by atoms with van der Waals surface area (Å²) < 4.78 is 7.44. The largest absolute Gasteiger partial charge is 0.463 e. The van der Waals surface area contributed by atoms with Gasteiger partial charge in [0.15, 0.2) is 5.76 Å². The maximum absolute atomic E-state index is 5.57. The number of furan rings is 1. The molecule has 1 aliphatic rings. The highest BCUT2D eigenvalue weighted by atomic mass is 32.1. The van der Waals surface area contributed by atoms with Crippen molar-refractivity contribution in [3.8, 4) is 11.5 Å². The molecule has 0 aromatic carbocycles. The Morgan fingerprint density at radius 1 is 1.16 bits per heavy atom. The summed E-state index contributed by atoms with van der Waals surface area (Å²) in [4.78, 5) is 10.2. The van der Waals surface area contributed by atoms with Crippen molar-refractivity contribution in [3.05, 3.63) is 58.7 Å². The van der Waals surface area contributed by atoms with Crippen LogP contribution in [0.15, 0.2) is 62.7 Å². The molecular formula is C19H20N4OS. The summed E-state index contributed by atoms with van der Waals surface area (Å²) in [6.45, 7) is 0. The summed E-state index contributed by atoms with van der Waals surface area (Å²) in [6.07, 6.45) is 11.4. The van der Waals surface area contributed by atoms with Crippen molar-refractivity contribution < 1.29 is 4.42 Å². The van der Waals surface area contributed by atoms with E-state index in [4.69, 9.17) is 9.41 Å². The third kappa shape index (κ3) is 3.79. The molecule has 1 aliphatic carbocycles. The fourth-order valence-electron chi connectivity index (χ4n) is 3.03. The van der Waals surface area contributed by atoms with E-state index in [2.05, 4.69) is 15.5 Å². The van der Waals surface area contributed by atoms with Gasteiger partial charge in [-0.25, -0.2) is 4.68 Å². The van der Waals surface area contributed by atoms with Gasteiger partial charge in [0, 0.05) is 11.6 Å². The minimum absolute atomic E-state index is 0.396. The molecule has 0 atom stereocenters. The molecule has 1 saturated carbocycles. The van der Waals surface area contributed by atoms with Crippen LogP contribution < -0.4 is 4.80 Å². The van der Waals surface area contributed by atoms with Gasteiger partial charge in [-0.2, -0.15) is 5.10 Å². The third-order valence-corrected chi connectivity index (χ3v) is 5.15. The Labute approximate surface area is 150 Å². The van der Waals surface area contributed by atoms with Crippen molar-refractivity contribution >= 4 is 17.6 Å². The Bertz CT molecular complexity index is 887. The predicted molar refractivity (Wildman–Crippen MR) is 99.7 cm³/mol. The van der Waals surface area contributed by atoms with E-state index in [0.717, 1.165) is 34.8 Å². The topological polar surface area (TPSA) is 55.7 Å². The zero-order valence-corrected chi connectivity index (χ0v) is 14.7. The van der Waals surface area contributed by atoms with Crippen LogP contribution in [-0.2, 0) is 0 Å². The molecular weight excluding hydrogens is 332 g/mol. The summed E-state index contributed by atoms with van der Waals surface area (Å²) in [5, 5.41) is 6.70. The number of pyridine rings is 1. The zero-order chi connectivity index (χ0) is 16.9. The summed E-state index contributed by atoms with van der Waals surface area (Å²) in [6, 6.07) is 10.0. The molecule has 0 N–H and O–H groups in total. The SMILES string of the molecule is C(=N\n1c(-c2ccco2)csc1=NC1CCCCC1)/c1ccccn1. The van der Waals surface area contributed by atoms with Gasteiger partial charge in [0.05, 0.1) is 24.2 Å². The molecule has 0 bridgehead atoms. The Morgan fingerprint density at radius 3 is 2.84 bits per heavy atom. The first-order chi connectivity index (χ1) is 12.4. The number of aromatic nitrogens is 2. The first-order valence-corrected chi connectivity index (χ1v) is 9.52. The highest BCUT2D eigenvalue weighted by Crippen LogP contribution is 2.22. The molecule has 4 rings (SSSR count). The second-order valence-electron chi connectivity index (χ2n) is 6.11. The molecule has 0 aliphatic heterocycles. The molecule has 0 unspecified atom stereocenters. The van der Waals surface area contributed by atoms with Crippen LogP contribution in [0.3, 0.4) is 0 Å². The van der Waals surface area contributed by atoms with Crippen molar-refractivity contribution in [2.75, 3.05) is 0 Å². The number of nitrogens with zero attached hydrogens (tertiary/aromatic N) is 4. The predicted octanol–water partition coefficient (Wildman–Crippen LogP) is 4.32. The number of rotatable bonds is 4. The minimum Gasteiger partial charge on any atom is -0.463 e. The maximum Gasteiger partial charge on any atom is 0.206 e. The standard InChI is InChI=1S/C19H20N4OS/c1-2-7-15(8-3-1)22-19-23(21-13-16-9-4-5-11-20-16)17(14-25-19)18-10-6-12-24-18/h4-6,9-15H,1-3,7-8H2/b21-13+,22-19?. The van der Waals surface area contributed by atoms with E-state index in [0.29, 0.717) is 6.04 Å². The third-order valence-electron chi connectivity index (χ3n) is 4.32. The van der Waals surface area contributed by atoms with E-state index in [1.807, 2.05) is 35.0 Å². The first kappa shape index (κ1) is 16.0. The summed E-state index contributed by atoms with van der Waals surface area (Å²) >= 11 is 1.61. The van der Waals surface area contributed by atoms with E-state index < -0.39 is 0 Å². The van der Waals surface area contributed by atoms with Crippen LogP contribution in [0.2, 0.25) is 0 Å². The lowest BCUT2D eigenvalue weighted by molar-refractivity contribution is 0.435. The van der Waals surface area contributed by atoms with Crippen molar-refractivity contribution in [2.24, 2.45) is 10.1 Å². The van der Waals surface area contributed by atoms with Crippen LogP contribution >= 0.6 is 11.3 Å². The highest BCUT2D eigenvalue weighted by molar-refractivity contribution is 7.07. The van der Waals surface area contributed by atoms with Crippen LogP contribution in [0.4, 0.5) is 0 Å². The monoisotopic (exact) mass is 352 g/mol. The Kier molecular flexibility index (Phi) is 4.88. The van der Waals surface area contributed by atoms with Gasteiger partial charge < -0.3 is 4.42 Å². The quantitative estimate of drug-likeness (QED) is 0.657. The van der Waals surface area contributed by atoms with Gasteiger partial charge in [0.25, 0.3) is 0 Å². The maximum atomic E-state index is 5.57. The van der Waals surface area contributed by atoms with Gasteiger partial charge in [-0.15, -0.1) is 11.3 Å². The Hall–Kier alpha value is -2.47. The normalized spacial score (nSPS) is 16.7. The van der Waals surface area contributed by atoms with Crippen molar-refractivity contribution in [3.63, 3.8) is 0 Å². The molecule has 0 radical (unpaired) electrons. The van der Waals surface area contributed by atoms with Crippen LogP contribution in [-0.4, -0.2) is 21.9 Å². The van der Waals surface area contributed by atoms with Crippen LogP contribution in [0.25, 0.3) is 11.5 Å². The molecule has 3 aromatic rings. The summed E-state index contributed by atoms with van der Waals surface area (Å²) in [5.41, 5.74) is 1.73. The van der Waals surface area contributed by atoms with E-state index >= 15 is 0 Å². The van der Waals surface area contributed by atoms with Gasteiger partial charge in [-0.3, -0.25) is 9.98 Å². The average molecular weight is 352 g/mol. The fourth-order valence-corrected chi connectivity index (χ4v) is 3.92. The molecule has 0 saturated heterocycles. The van der Waals surface area contributed by atoms with E-state index in [-0.39, 0.29) is 0 Å². The molecule has 5 nitrogen and oxygen atoms in total. The highest BCUT2D eigenvalue weighted by Gasteiger charge is 2.14. The second-order valence-corrected chi connectivity index (χ2v) is 6.95. The van der Waals surface area contributed by atoms with Gasteiger partial charge in [-0.05, 0) is 37.1 Å². The smallest absolute Gasteiger partial charge is 0.206 e. The molecule has 128 valence electrons. The average Bonchev–Trinajstić information content (AvgIpc) is 3.31. The van der Waals surface area contributed by atoms with E-state index in [9.17, 15) is 0 Å². The molecule has 0 spiro atoms. The Morgan fingerprint density at radius 2 is 2.08 bits per heavy atom. The summed E-state index contributed by atoms with van der Waals surface area (Å²) in [5.74, 6) is 0.791. The van der Waals surface area contributed by atoms with Crippen LogP contribution in [0.1, 0.15) is 37.8 Å². The second kappa shape index (κ2) is 7.61. The number of thiazole rings is 1. The molecule has 3 heterocycles. The van der Waals surface area contributed by atoms with Crippen molar-refractivity contribution in [1.29, 1.82) is 0 Å². The lowest BCUT2D eigenvalue weighted by atomic mass is 9.96. The van der Waals surface area contributed by atoms with Gasteiger partial charge in [0.1, 0.15) is 5.69 Å². The molecule has 0 amide bonds. The number of hydrogen-bond donors (Lipinski definition) is 0. The van der Waals surface area contributed by atoms with E-state index in [1.165, 1.54) is 19.3 Å². The Balaban J connectivity index is 1.74. The van der Waals surface area contributed by atoms with Crippen molar-refractivity contribution in [2.45, 2.75) is 38.1 Å². The first-order valence-electron chi connectivity index (χ1n) is 8.64. The number of hydrogen-bond acceptors (Lipinski definition) is 5. The fraction of sp³-hybridized carbons (Fsp3) is 0.316. The van der Waals surface area contributed by atoms with Crippen molar-refractivity contribution in [1.82, 2.24) is 9.66 Å².